The van der Waals surface area contributed by atoms with Gasteiger partial charge in [-0.3, -0.25) is 9.79 Å². The minimum absolute atomic E-state index is 0.159. The van der Waals surface area contributed by atoms with Gasteiger partial charge < -0.3 is 14.8 Å². The van der Waals surface area contributed by atoms with E-state index in [1.807, 2.05) is 24.3 Å². The van der Waals surface area contributed by atoms with Crippen LogP contribution in [0.4, 0.5) is 0 Å². The van der Waals surface area contributed by atoms with Gasteiger partial charge in [0, 0.05) is 37.6 Å². The van der Waals surface area contributed by atoms with Gasteiger partial charge in [0.1, 0.15) is 11.5 Å². The number of aliphatic imine (C=N–C) groups is 1. The van der Waals surface area contributed by atoms with Crippen molar-refractivity contribution in [2.45, 2.75) is 64.2 Å². The van der Waals surface area contributed by atoms with E-state index in [9.17, 15) is 4.79 Å². The number of amidine groups is 1. The van der Waals surface area contributed by atoms with Crippen LogP contribution in [-0.2, 0) is 4.79 Å². The van der Waals surface area contributed by atoms with E-state index >= 15 is 0 Å². The van der Waals surface area contributed by atoms with Crippen LogP contribution in [0.5, 0.6) is 11.5 Å². The summed E-state index contributed by atoms with van der Waals surface area (Å²) < 4.78 is 10.9. The van der Waals surface area contributed by atoms with Gasteiger partial charge in [-0.25, -0.2) is 0 Å². The highest BCUT2D eigenvalue weighted by Crippen LogP contribution is 2.34. The van der Waals surface area contributed by atoms with Gasteiger partial charge in [-0.1, -0.05) is 18.6 Å². The first-order chi connectivity index (χ1) is 15.6. The van der Waals surface area contributed by atoms with Gasteiger partial charge in [0.05, 0.1) is 20.1 Å². The molecule has 0 bridgehead atoms. The second-order valence-electron chi connectivity index (χ2n) is 8.61. The van der Waals surface area contributed by atoms with E-state index in [1.54, 1.807) is 14.2 Å². The quantitative estimate of drug-likeness (QED) is 0.568. The van der Waals surface area contributed by atoms with Crippen LogP contribution in [0.3, 0.4) is 0 Å². The van der Waals surface area contributed by atoms with E-state index in [0.29, 0.717) is 12.3 Å². The van der Waals surface area contributed by atoms with Crippen LogP contribution in [0.1, 0.15) is 69.8 Å². The normalized spacial score (nSPS) is 22.2. The molecule has 1 aliphatic carbocycles. The first-order valence-corrected chi connectivity index (χ1v) is 12.3. The molecule has 5 nitrogen and oxygen atoms in total. The topological polar surface area (TPSA) is 59.9 Å². The molecule has 1 atom stereocenters. The second-order valence-corrected chi connectivity index (χ2v) is 9.14. The largest absolute Gasteiger partial charge is 0.497 e. The Morgan fingerprint density at radius 3 is 2.75 bits per heavy atom. The van der Waals surface area contributed by atoms with Crippen molar-refractivity contribution in [2.75, 3.05) is 27.3 Å². The Hall–Kier alpha value is -2.21. The van der Waals surface area contributed by atoms with Crippen molar-refractivity contribution in [2.24, 2.45) is 10.9 Å². The summed E-state index contributed by atoms with van der Waals surface area (Å²) in [5.74, 6) is 3.14. The Labute approximate surface area is 197 Å². The zero-order chi connectivity index (χ0) is 22.8. The molecule has 1 heterocycles. The van der Waals surface area contributed by atoms with Gasteiger partial charge in [0.25, 0.3) is 0 Å². The van der Waals surface area contributed by atoms with Gasteiger partial charge in [-0.05, 0) is 79.5 Å². The fraction of sp³-hybridized carbons (Fsp3) is 0.577. The fourth-order valence-corrected chi connectivity index (χ4v) is 4.84. The maximum atomic E-state index is 12.6. The highest BCUT2D eigenvalue weighted by molar-refractivity contribution is 7.80. The van der Waals surface area contributed by atoms with Crippen molar-refractivity contribution in [3.63, 3.8) is 0 Å². The van der Waals surface area contributed by atoms with Gasteiger partial charge in [-0.15, -0.1) is 0 Å². The van der Waals surface area contributed by atoms with Crippen molar-refractivity contribution in [3.8, 4) is 11.5 Å². The zero-order valence-electron chi connectivity index (χ0n) is 19.5. The summed E-state index contributed by atoms with van der Waals surface area (Å²) in [5, 5.41) is 3.56. The van der Waals surface area contributed by atoms with Crippen molar-refractivity contribution < 1.29 is 14.3 Å². The Kier molecular flexibility index (Phi) is 9.72. The maximum Gasteiger partial charge on any atom is 0.155 e. The third-order valence-electron chi connectivity index (χ3n) is 6.35. The molecule has 0 spiro atoms. The smallest absolute Gasteiger partial charge is 0.155 e. The average Bonchev–Trinajstić information content (AvgIpc) is 3.08. The number of allylic oxidation sites excluding steroid dienone is 2. The third kappa shape index (κ3) is 7.16. The molecular formula is C26H36N2O3S. The van der Waals surface area contributed by atoms with E-state index < -0.39 is 0 Å². The zero-order valence-corrected chi connectivity index (χ0v) is 20.3. The highest BCUT2D eigenvalue weighted by atomic mass is 32.1. The Morgan fingerprint density at radius 2 is 1.94 bits per heavy atom. The Balaban J connectivity index is 1.71. The van der Waals surface area contributed by atoms with Crippen LogP contribution >= 0.6 is 12.2 Å². The molecule has 1 unspecified atom stereocenters. The van der Waals surface area contributed by atoms with Crippen molar-refractivity contribution >= 4 is 34.3 Å². The summed E-state index contributed by atoms with van der Waals surface area (Å²) in [5.41, 5.74) is 1.98. The third-order valence-corrected chi connectivity index (χ3v) is 6.89. The number of benzene rings is 1. The van der Waals surface area contributed by atoms with Gasteiger partial charge in [0.15, 0.2) is 5.78 Å². The monoisotopic (exact) mass is 456 g/mol. The Bertz CT molecular complexity index is 863. The molecule has 1 aliphatic heterocycles. The Morgan fingerprint density at radius 1 is 1.06 bits per heavy atom. The summed E-state index contributed by atoms with van der Waals surface area (Å²) in [4.78, 5) is 18.3. The molecule has 174 valence electrons. The lowest BCUT2D eigenvalue weighted by Gasteiger charge is -2.22. The minimum Gasteiger partial charge on any atom is -0.497 e. The van der Waals surface area contributed by atoms with E-state index in [1.165, 1.54) is 19.3 Å². The van der Waals surface area contributed by atoms with Crippen LogP contribution in [0, 0.1) is 5.92 Å². The fourth-order valence-electron chi connectivity index (χ4n) is 4.46. The van der Waals surface area contributed by atoms with Gasteiger partial charge >= 0.3 is 0 Å². The van der Waals surface area contributed by atoms with Crippen LogP contribution in [0.25, 0.3) is 5.57 Å². The molecule has 0 saturated carbocycles. The summed E-state index contributed by atoms with van der Waals surface area (Å²) in [7, 11) is 3.29. The van der Waals surface area contributed by atoms with Crippen molar-refractivity contribution in [1.82, 2.24) is 5.32 Å². The molecule has 0 radical (unpaired) electrons. The highest BCUT2D eigenvalue weighted by Gasteiger charge is 2.20. The van der Waals surface area contributed by atoms with E-state index in [-0.39, 0.29) is 5.78 Å². The molecule has 0 amide bonds. The molecule has 32 heavy (non-hydrogen) atoms. The lowest BCUT2D eigenvalue weighted by Crippen LogP contribution is -2.27. The molecule has 1 aromatic rings. The van der Waals surface area contributed by atoms with Crippen LogP contribution < -0.4 is 14.8 Å². The number of ether oxygens (including phenoxy) is 2. The number of carbonyl (C=O) groups excluding carboxylic acids is 1. The summed E-state index contributed by atoms with van der Waals surface area (Å²) in [6, 6.07) is 5.78. The molecule has 1 aromatic carbocycles. The van der Waals surface area contributed by atoms with Crippen LogP contribution in [0.2, 0.25) is 0 Å². The number of hydrogen-bond acceptors (Lipinski definition) is 6. The molecule has 3 rings (SSSR count). The molecule has 2 aliphatic rings. The molecular weight excluding hydrogens is 420 g/mol. The van der Waals surface area contributed by atoms with Gasteiger partial charge in [-0.2, -0.15) is 0 Å². The summed E-state index contributed by atoms with van der Waals surface area (Å²) in [6.45, 7) is 1.84. The second kappa shape index (κ2) is 12.7. The van der Waals surface area contributed by atoms with E-state index in [4.69, 9.17) is 21.7 Å². The predicted octanol–water partition coefficient (Wildman–Crippen LogP) is 5.56. The molecule has 0 saturated heterocycles. The number of methoxy groups -OCH3 is 2. The standard InChI is InChI=1S/C26H36N2O3S/c1-30-22-12-13-23(24(18-22)31-2)20-11-10-19(25(32)8-6-7-21(29)17-20)14-16-28-26-9-4-3-5-15-27-26/h12-13,17-19H,3-11,14-16H2,1-2H3,(H,27,28)/b20-17+. The predicted molar refractivity (Wildman–Crippen MR) is 135 cm³/mol. The number of nitrogens with one attached hydrogen (secondary N) is 1. The number of ketones is 1. The lowest BCUT2D eigenvalue weighted by atomic mass is 9.87. The van der Waals surface area contributed by atoms with Crippen LogP contribution in [-0.4, -0.2) is 43.8 Å². The van der Waals surface area contributed by atoms with Crippen molar-refractivity contribution in [3.05, 3.63) is 29.8 Å². The number of rotatable bonds is 6. The first-order valence-electron chi connectivity index (χ1n) is 11.9. The van der Waals surface area contributed by atoms with Crippen molar-refractivity contribution in [1.29, 1.82) is 0 Å². The SMILES string of the molecule is COc1ccc(/C2=C/C(=O)CCCC(=S)C(CCNC3=NCCCCC3)CC2)c(OC)c1. The maximum absolute atomic E-state index is 12.6. The number of carbonyl (C=O) groups is 1. The summed E-state index contributed by atoms with van der Waals surface area (Å²) in [6.07, 6.45) is 11.5. The molecule has 0 fully saturated rings. The summed E-state index contributed by atoms with van der Waals surface area (Å²) >= 11 is 5.82. The minimum atomic E-state index is 0.159. The number of thiocarbonyl (C=S) groups is 1. The number of hydrogen-bond donors (Lipinski definition) is 1. The lowest BCUT2D eigenvalue weighted by molar-refractivity contribution is -0.114. The molecule has 1 N–H and O–H groups in total. The van der Waals surface area contributed by atoms with Crippen LogP contribution in [0.15, 0.2) is 29.3 Å². The first kappa shape index (κ1) is 24.4. The molecule has 0 aromatic heterocycles. The van der Waals surface area contributed by atoms with E-state index in [0.717, 1.165) is 85.0 Å². The number of nitrogens with zero attached hydrogens (tertiary/aromatic N) is 1. The molecule has 6 heteroatoms. The van der Waals surface area contributed by atoms with Gasteiger partial charge in [0.2, 0.25) is 0 Å². The van der Waals surface area contributed by atoms with E-state index in [2.05, 4.69) is 10.3 Å². The average molecular weight is 457 g/mol.